The van der Waals surface area contributed by atoms with Crippen LogP contribution in [0.1, 0.15) is 10.4 Å². The van der Waals surface area contributed by atoms with Crippen LogP contribution >= 0.6 is 11.3 Å². The quantitative estimate of drug-likeness (QED) is 0.836. The molecule has 4 heterocycles. The molecule has 6 heteroatoms. The Morgan fingerprint density at radius 1 is 1.46 bits per heavy atom. The van der Waals surface area contributed by atoms with E-state index in [9.17, 15) is 0 Å². The summed E-state index contributed by atoms with van der Waals surface area (Å²) in [5, 5.41) is 11.0. The van der Waals surface area contributed by atoms with E-state index in [1.54, 1.807) is 18.3 Å². The predicted molar refractivity (Wildman–Crippen MR) is 90.8 cm³/mol. The lowest BCUT2D eigenvalue weighted by Crippen LogP contribution is -2.37. The van der Waals surface area contributed by atoms with Crippen molar-refractivity contribution in [1.29, 1.82) is 5.26 Å². The van der Waals surface area contributed by atoms with E-state index in [4.69, 9.17) is 14.7 Å². The van der Waals surface area contributed by atoms with Crippen LogP contribution in [0.2, 0.25) is 0 Å². The fourth-order valence-electron chi connectivity index (χ4n) is 3.64. The lowest BCUT2D eigenvalue weighted by Gasteiger charge is -2.27. The maximum Gasteiger partial charge on any atom is 0.213 e. The molecule has 0 bridgehead atoms. The third-order valence-corrected chi connectivity index (χ3v) is 5.79. The van der Waals surface area contributed by atoms with E-state index in [-0.39, 0.29) is 5.41 Å². The largest absolute Gasteiger partial charge is 0.477 e. The van der Waals surface area contributed by atoms with Crippen molar-refractivity contribution < 1.29 is 9.47 Å². The first-order valence-corrected chi connectivity index (χ1v) is 8.97. The van der Waals surface area contributed by atoms with Gasteiger partial charge in [-0.25, -0.2) is 4.98 Å². The highest BCUT2D eigenvalue weighted by Gasteiger charge is 2.51. The van der Waals surface area contributed by atoms with Crippen LogP contribution in [0.3, 0.4) is 0 Å². The predicted octanol–water partition coefficient (Wildman–Crippen LogP) is 2.54. The molecule has 0 N–H and O–H groups in total. The Morgan fingerprint density at radius 2 is 2.42 bits per heavy atom. The zero-order chi connectivity index (χ0) is 16.4. The van der Waals surface area contributed by atoms with Gasteiger partial charge in [0.2, 0.25) is 5.88 Å². The van der Waals surface area contributed by atoms with E-state index in [1.807, 2.05) is 11.3 Å². The number of hydrogen-bond donors (Lipinski definition) is 0. The Balaban J connectivity index is 1.41. The lowest BCUT2D eigenvalue weighted by molar-refractivity contribution is 0.0883. The molecule has 24 heavy (non-hydrogen) atoms. The van der Waals surface area contributed by atoms with Gasteiger partial charge in [-0.3, -0.25) is 4.90 Å². The number of likely N-dealkylation sites (tertiary alicyclic amines) is 1. The highest BCUT2D eigenvalue weighted by Crippen LogP contribution is 2.42. The van der Waals surface area contributed by atoms with E-state index in [0.717, 1.165) is 32.8 Å². The average Bonchev–Trinajstić information content (AvgIpc) is 3.30. The number of rotatable bonds is 5. The second-order valence-corrected chi connectivity index (χ2v) is 7.64. The number of pyridine rings is 1. The third-order valence-electron chi connectivity index (χ3n) is 4.92. The van der Waals surface area contributed by atoms with Gasteiger partial charge in [-0.2, -0.15) is 5.26 Å². The van der Waals surface area contributed by atoms with Crippen molar-refractivity contribution in [2.45, 2.75) is 6.54 Å². The summed E-state index contributed by atoms with van der Waals surface area (Å²) in [6.07, 6.45) is 1.55. The second kappa shape index (κ2) is 6.52. The Kier molecular flexibility index (Phi) is 4.23. The minimum atomic E-state index is 0.0485. The average molecular weight is 341 g/mol. The van der Waals surface area contributed by atoms with E-state index in [1.165, 1.54) is 4.88 Å². The summed E-state index contributed by atoms with van der Waals surface area (Å²) in [5.41, 5.74) is 0.595. The molecule has 0 spiro atoms. The zero-order valence-electron chi connectivity index (χ0n) is 13.4. The number of aromatic nitrogens is 1. The summed E-state index contributed by atoms with van der Waals surface area (Å²) in [4.78, 5) is 8.12. The number of hydrogen-bond acceptors (Lipinski definition) is 6. The number of ether oxygens (including phenoxy) is 2. The normalized spacial score (nSPS) is 26.2. The molecule has 0 radical (unpaired) electrons. The molecule has 0 aliphatic carbocycles. The highest BCUT2D eigenvalue weighted by atomic mass is 32.1. The van der Waals surface area contributed by atoms with Crippen LogP contribution in [-0.2, 0) is 11.3 Å². The monoisotopic (exact) mass is 341 g/mol. The van der Waals surface area contributed by atoms with Gasteiger partial charge >= 0.3 is 0 Å². The summed E-state index contributed by atoms with van der Waals surface area (Å²) < 4.78 is 11.7. The number of fused-ring (bicyclic) bond motifs is 1. The van der Waals surface area contributed by atoms with Gasteiger partial charge in [-0.1, -0.05) is 6.07 Å². The Hall–Kier alpha value is -1.94. The maximum absolute atomic E-state index is 8.84. The number of nitrogens with zero attached hydrogens (tertiary/aromatic N) is 3. The van der Waals surface area contributed by atoms with Gasteiger partial charge in [0.15, 0.2) is 0 Å². The van der Waals surface area contributed by atoms with Crippen LogP contribution in [0.5, 0.6) is 5.88 Å². The van der Waals surface area contributed by atoms with Crippen LogP contribution in [0.25, 0.3) is 0 Å². The zero-order valence-corrected chi connectivity index (χ0v) is 14.2. The van der Waals surface area contributed by atoms with E-state index in [0.29, 0.717) is 24.0 Å². The summed E-state index contributed by atoms with van der Waals surface area (Å²) in [6, 6.07) is 9.87. The van der Waals surface area contributed by atoms with Crippen molar-refractivity contribution in [2.24, 2.45) is 11.3 Å². The Morgan fingerprint density at radius 3 is 3.17 bits per heavy atom. The fourth-order valence-corrected chi connectivity index (χ4v) is 4.39. The topological polar surface area (TPSA) is 58.4 Å². The summed E-state index contributed by atoms with van der Waals surface area (Å²) >= 11 is 1.81. The van der Waals surface area contributed by atoms with Crippen molar-refractivity contribution in [3.63, 3.8) is 0 Å². The highest BCUT2D eigenvalue weighted by molar-refractivity contribution is 7.09. The van der Waals surface area contributed by atoms with Crippen molar-refractivity contribution >= 4 is 11.3 Å². The molecular formula is C18H19N3O2S. The fraction of sp³-hybridized carbons (Fsp3) is 0.444. The van der Waals surface area contributed by atoms with Crippen molar-refractivity contribution in [3.05, 3.63) is 46.3 Å². The molecule has 2 fully saturated rings. The molecule has 0 saturated carbocycles. The molecule has 0 unspecified atom stereocenters. The first-order valence-electron chi connectivity index (χ1n) is 8.09. The molecule has 2 aromatic heterocycles. The minimum Gasteiger partial charge on any atom is -0.477 e. The standard InChI is InChI=1S/C18H19N3O2S/c19-6-14-3-4-17(20-7-14)23-13-18-11-21(8-15(18)10-22-12-18)9-16-2-1-5-24-16/h1-5,7,15H,8-13H2/t15-,18+/m0/s1. The second-order valence-electron chi connectivity index (χ2n) is 6.61. The van der Waals surface area contributed by atoms with Gasteiger partial charge in [0.1, 0.15) is 6.07 Å². The van der Waals surface area contributed by atoms with Crippen LogP contribution < -0.4 is 4.74 Å². The molecule has 5 nitrogen and oxygen atoms in total. The molecule has 2 aromatic rings. The molecule has 2 saturated heterocycles. The number of nitriles is 1. The third kappa shape index (κ3) is 3.03. The molecule has 4 rings (SSSR count). The van der Waals surface area contributed by atoms with E-state index >= 15 is 0 Å². The van der Waals surface area contributed by atoms with Gasteiger partial charge in [0.25, 0.3) is 0 Å². The van der Waals surface area contributed by atoms with Gasteiger partial charge < -0.3 is 9.47 Å². The molecule has 124 valence electrons. The van der Waals surface area contributed by atoms with Crippen LogP contribution in [-0.4, -0.2) is 42.8 Å². The molecule has 2 aliphatic heterocycles. The molecule has 2 atom stereocenters. The van der Waals surface area contributed by atoms with Crippen molar-refractivity contribution in [1.82, 2.24) is 9.88 Å². The SMILES string of the molecule is N#Cc1ccc(OC[C@@]23COC[C@@H]2CN(Cc2cccs2)C3)nc1. The van der Waals surface area contributed by atoms with Gasteiger partial charge in [-0.05, 0) is 17.5 Å². The van der Waals surface area contributed by atoms with Gasteiger partial charge in [-0.15, -0.1) is 11.3 Å². The Bertz CT molecular complexity index is 726. The van der Waals surface area contributed by atoms with E-state index in [2.05, 4.69) is 33.5 Å². The maximum atomic E-state index is 8.84. The summed E-state index contributed by atoms with van der Waals surface area (Å²) in [5.74, 6) is 1.08. The van der Waals surface area contributed by atoms with E-state index < -0.39 is 0 Å². The molecule has 0 amide bonds. The molecule has 0 aromatic carbocycles. The van der Waals surface area contributed by atoms with Crippen LogP contribution in [0, 0.1) is 22.7 Å². The lowest BCUT2D eigenvalue weighted by atomic mass is 9.82. The van der Waals surface area contributed by atoms with Crippen molar-refractivity contribution in [2.75, 3.05) is 32.9 Å². The summed E-state index contributed by atoms with van der Waals surface area (Å²) in [6.45, 7) is 5.22. The van der Waals surface area contributed by atoms with Crippen LogP contribution in [0.15, 0.2) is 35.8 Å². The molecule has 2 aliphatic rings. The molecular weight excluding hydrogens is 322 g/mol. The summed E-state index contributed by atoms with van der Waals surface area (Å²) in [7, 11) is 0. The number of thiophene rings is 1. The van der Waals surface area contributed by atoms with Gasteiger partial charge in [0, 0.05) is 48.1 Å². The smallest absolute Gasteiger partial charge is 0.213 e. The Labute approximate surface area is 145 Å². The van der Waals surface area contributed by atoms with Crippen LogP contribution in [0.4, 0.5) is 0 Å². The van der Waals surface area contributed by atoms with Gasteiger partial charge in [0.05, 0.1) is 25.4 Å². The minimum absolute atomic E-state index is 0.0485. The first kappa shape index (κ1) is 15.6. The first-order chi connectivity index (χ1) is 11.8. The van der Waals surface area contributed by atoms with Crippen molar-refractivity contribution in [3.8, 4) is 11.9 Å².